The summed E-state index contributed by atoms with van der Waals surface area (Å²) in [5.74, 6) is -0.121. The van der Waals surface area contributed by atoms with Crippen molar-refractivity contribution in [3.63, 3.8) is 0 Å². The normalized spacial score (nSPS) is 16.7. The van der Waals surface area contributed by atoms with Crippen LogP contribution in [0.3, 0.4) is 0 Å². The van der Waals surface area contributed by atoms with Crippen molar-refractivity contribution < 1.29 is 9.90 Å². The Hall–Kier alpha value is -2.50. The molecule has 0 aromatic carbocycles. The van der Waals surface area contributed by atoms with Gasteiger partial charge in [-0.25, -0.2) is 4.79 Å². The molecule has 2 N–H and O–H groups in total. The fourth-order valence-electron chi connectivity index (χ4n) is 2.46. The van der Waals surface area contributed by atoms with Crippen LogP contribution in [0.1, 0.15) is 34.1 Å². The van der Waals surface area contributed by atoms with Crippen LogP contribution in [-0.4, -0.2) is 32.8 Å². The maximum atomic E-state index is 10.7. The summed E-state index contributed by atoms with van der Waals surface area (Å²) >= 11 is 0. The van der Waals surface area contributed by atoms with Crippen LogP contribution in [0.5, 0.6) is 0 Å². The molecule has 2 heterocycles. The van der Waals surface area contributed by atoms with Gasteiger partial charge in [0.25, 0.3) is 0 Å². The minimum atomic E-state index is -1.07. The summed E-state index contributed by atoms with van der Waals surface area (Å²) in [5.41, 5.74) is 2.41. The fourth-order valence-corrected chi connectivity index (χ4v) is 2.46. The molecule has 2 aromatic heterocycles. The molecule has 0 saturated heterocycles. The van der Waals surface area contributed by atoms with Crippen LogP contribution < -0.4 is 5.32 Å². The number of aromatic carboxylic acids is 1. The molecule has 1 aliphatic rings. The number of rotatable bonds is 4. The van der Waals surface area contributed by atoms with E-state index in [1.54, 1.807) is 6.07 Å². The van der Waals surface area contributed by atoms with E-state index >= 15 is 0 Å². The average molecular weight is 270 g/mol. The Bertz CT molecular complexity index is 627. The van der Waals surface area contributed by atoms with Gasteiger partial charge in [0.05, 0.1) is 0 Å². The van der Waals surface area contributed by atoms with E-state index in [0.717, 1.165) is 25.1 Å². The number of carboxylic acid groups (broad SMARTS) is 1. The van der Waals surface area contributed by atoms with E-state index in [1.165, 1.54) is 11.6 Å². The van der Waals surface area contributed by atoms with Gasteiger partial charge in [-0.2, -0.15) is 0 Å². The molecular formula is C14H14N4O2. The van der Waals surface area contributed by atoms with Gasteiger partial charge in [-0.1, -0.05) is 6.07 Å². The van der Waals surface area contributed by atoms with Gasteiger partial charge in [-0.05, 0) is 36.6 Å². The van der Waals surface area contributed by atoms with Gasteiger partial charge in [0.2, 0.25) is 0 Å². The number of fused-ring (bicyclic) bond motifs is 1. The van der Waals surface area contributed by atoms with Crippen LogP contribution in [0.4, 0.5) is 5.82 Å². The number of aromatic nitrogens is 3. The lowest BCUT2D eigenvalue weighted by Gasteiger charge is -2.11. The van der Waals surface area contributed by atoms with Crippen molar-refractivity contribution in [1.82, 2.24) is 15.2 Å². The Kier molecular flexibility index (Phi) is 3.28. The van der Waals surface area contributed by atoms with Crippen molar-refractivity contribution in [2.24, 2.45) is 0 Å². The van der Waals surface area contributed by atoms with Gasteiger partial charge in [-0.3, -0.25) is 4.98 Å². The lowest BCUT2D eigenvalue weighted by molar-refractivity contribution is 0.0689. The molecule has 0 spiro atoms. The standard InChI is InChI=1S/C14H14N4O2/c19-14(20)11-5-6-12(18-17-11)16-8-10-4-3-9-2-1-7-15-13(9)10/h1-2,5-7,10H,3-4,8H2,(H,16,18)(H,19,20). The number of hydrogen-bond acceptors (Lipinski definition) is 5. The molecule has 1 unspecified atom stereocenters. The van der Waals surface area contributed by atoms with Crippen molar-refractivity contribution >= 4 is 11.8 Å². The van der Waals surface area contributed by atoms with Crippen LogP contribution in [0.25, 0.3) is 0 Å². The summed E-state index contributed by atoms with van der Waals surface area (Å²) in [7, 11) is 0. The lowest BCUT2D eigenvalue weighted by Crippen LogP contribution is -2.13. The third-order valence-corrected chi connectivity index (χ3v) is 3.49. The number of hydrogen-bond donors (Lipinski definition) is 2. The quantitative estimate of drug-likeness (QED) is 0.879. The molecule has 0 aliphatic heterocycles. The first kappa shape index (κ1) is 12.5. The van der Waals surface area contributed by atoms with Crippen molar-refractivity contribution in [2.45, 2.75) is 18.8 Å². The number of anilines is 1. The third kappa shape index (κ3) is 2.45. The van der Waals surface area contributed by atoms with E-state index in [2.05, 4.69) is 26.6 Å². The zero-order chi connectivity index (χ0) is 13.9. The highest BCUT2D eigenvalue weighted by atomic mass is 16.4. The summed E-state index contributed by atoms with van der Waals surface area (Å²) in [4.78, 5) is 15.1. The summed E-state index contributed by atoms with van der Waals surface area (Å²) in [6.07, 6.45) is 3.94. The molecule has 1 aliphatic carbocycles. The average Bonchev–Trinajstić information content (AvgIpc) is 2.89. The van der Waals surface area contributed by atoms with Gasteiger partial charge >= 0.3 is 5.97 Å². The van der Waals surface area contributed by atoms with Crippen molar-refractivity contribution in [2.75, 3.05) is 11.9 Å². The second-order valence-electron chi connectivity index (χ2n) is 4.77. The third-order valence-electron chi connectivity index (χ3n) is 3.49. The molecule has 0 radical (unpaired) electrons. The maximum absolute atomic E-state index is 10.7. The Labute approximate surface area is 115 Å². The highest BCUT2D eigenvalue weighted by Crippen LogP contribution is 2.30. The van der Waals surface area contributed by atoms with Crippen LogP contribution >= 0.6 is 0 Å². The van der Waals surface area contributed by atoms with E-state index in [1.807, 2.05) is 12.3 Å². The molecule has 6 nitrogen and oxygen atoms in total. The first-order chi connectivity index (χ1) is 9.74. The summed E-state index contributed by atoms with van der Waals surface area (Å²) in [6, 6.07) is 7.15. The maximum Gasteiger partial charge on any atom is 0.356 e. The smallest absolute Gasteiger partial charge is 0.356 e. The molecule has 20 heavy (non-hydrogen) atoms. The van der Waals surface area contributed by atoms with E-state index in [-0.39, 0.29) is 5.69 Å². The molecular weight excluding hydrogens is 256 g/mol. The number of carbonyl (C=O) groups is 1. The summed E-state index contributed by atoms with van der Waals surface area (Å²) in [6.45, 7) is 0.727. The molecule has 102 valence electrons. The number of nitrogens with one attached hydrogen (secondary N) is 1. The van der Waals surface area contributed by atoms with Gasteiger partial charge in [0.1, 0.15) is 5.82 Å². The molecule has 0 saturated carbocycles. The minimum Gasteiger partial charge on any atom is -0.476 e. The van der Waals surface area contributed by atoms with Crippen molar-refractivity contribution in [3.8, 4) is 0 Å². The van der Waals surface area contributed by atoms with Gasteiger partial charge in [0.15, 0.2) is 5.69 Å². The predicted octanol–water partition coefficient (Wildman–Crippen LogP) is 1.71. The highest BCUT2D eigenvalue weighted by Gasteiger charge is 2.23. The van der Waals surface area contributed by atoms with E-state index in [4.69, 9.17) is 5.11 Å². The van der Waals surface area contributed by atoms with Gasteiger partial charge in [-0.15, -0.1) is 10.2 Å². The zero-order valence-corrected chi connectivity index (χ0v) is 10.8. The first-order valence-corrected chi connectivity index (χ1v) is 6.49. The summed E-state index contributed by atoms with van der Waals surface area (Å²) in [5, 5.41) is 19.4. The van der Waals surface area contributed by atoms with Crippen LogP contribution in [-0.2, 0) is 6.42 Å². The topological polar surface area (TPSA) is 88.0 Å². The molecule has 3 rings (SSSR count). The molecule has 0 fully saturated rings. The molecule has 0 amide bonds. The Balaban J connectivity index is 1.64. The molecule has 2 aromatic rings. The SMILES string of the molecule is O=C(O)c1ccc(NCC2CCc3cccnc32)nn1. The van der Waals surface area contributed by atoms with Crippen molar-refractivity contribution in [3.05, 3.63) is 47.4 Å². The predicted molar refractivity (Wildman–Crippen MR) is 72.8 cm³/mol. The molecule has 0 bridgehead atoms. The lowest BCUT2D eigenvalue weighted by atomic mass is 10.1. The van der Waals surface area contributed by atoms with E-state index in [9.17, 15) is 4.79 Å². The van der Waals surface area contributed by atoms with Crippen LogP contribution in [0.2, 0.25) is 0 Å². The second-order valence-corrected chi connectivity index (χ2v) is 4.77. The number of nitrogens with zero attached hydrogens (tertiary/aromatic N) is 3. The Morgan fingerprint density at radius 1 is 1.35 bits per heavy atom. The van der Waals surface area contributed by atoms with Crippen LogP contribution in [0.15, 0.2) is 30.5 Å². The van der Waals surface area contributed by atoms with Crippen molar-refractivity contribution in [1.29, 1.82) is 0 Å². The first-order valence-electron chi connectivity index (χ1n) is 6.49. The number of aryl methyl sites for hydroxylation is 1. The highest BCUT2D eigenvalue weighted by molar-refractivity contribution is 5.85. The fraction of sp³-hybridized carbons (Fsp3) is 0.286. The Morgan fingerprint density at radius 2 is 2.25 bits per heavy atom. The van der Waals surface area contributed by atoms with Gasteiger partial charge < -0.3 is 10.4 Å². The number of carboxylic acids is 1. The monoisotopic (exact) mass is 270 g/mol. The molecule has 1 atom stereocenters. The van der Waals surface area contributed by atoms with E-state index in [0.29, 0.717) is 11.7 Å². The molecule has 6 heteroatoms. The largest absolute Gasteiger partial charge is 0.476 e. The van der Waals surface area contributed by atoms with E-state index < -0.39 is 5.97 Å². The Morgan fingerprint density at radius 3 is 3.00 bits per heavy atom. The van der Waals surface area contributed by atoms with Crippen LogP contribution in [0, 0.1) is 0 Å². The number of pyridine rings is 1. The minimum absolute atomic E-state index is 0.0524. The second kappa shape index (κ2) is 5.24. The van der Waals surface area contributed by atoms with Gasteiger partial charge in [0, 0.05) is 24.4 Å². The summed E-state index contributed by atoms with van der Waals surface area (Å²) < 4.78 is 0. The zero-order valence-electron chi connectivity index (χ0n) is 10.8.